The second-order valence-corrected chi connectivity index (χ2v) is 4.03. The number of nitrogens with zero attached hydrogens (tertiary/aromatic N) is 2. The molecule has 3 N–H and O–H groups in total. The molecule has 0 saturated carbocycles. The second kappa shape index (κ2) is 6.24. The van der Waals surface area contributed by atoms with Gasteiger partial charge in [-0.15, -0.1) is 0 Å². The second-order valence-electron chi connectivity index (χ2n) is 3.68. The summed E-state index contributed by atoms with van der Waals surface area (Å²) in [5, 5.41) is 3.45. The number of aromatic nitrogens is 2. The number of halogens is 1. The highest BCUT2D eigenvalue weighted by atomic mass is 35.5. The molecule has 0 aliphatic heterocycles. The van der Waals surface area contributed by atoms with Crippen molar-refractivity contribution < 1.29 is 9.53 Å². The molecule has 0 aliphatic carbocycles. The maximum atomic E-state index is 10.4. The average Bonchev–Trinajstić information content (AvgIpc) is 2.23. The van der Waals surface area contributed by atoms with Gasteiger partial charge in [-0.25, -0.2) is 14.8 Å². The molecule has 1 amide bonds. The van der Waals surface area contributed by atoms with Crippen LogP contribution in [-0.4, -0.2) is 29.2 Å². The van der Waals surface area contributed by atoms with Crippen LogP contribution in [0.25, 0.3) is 0 Å². The lowest BCUT2D eigenvalue weighted by atomic mass is 10.1. The van der Waals surface area contributed by atoms with Crippen molar-refractivity contribution in [3.05, 3.63) is 17.0 Å². The number of carbonyl (C=O) groups excluding carboxylic acids is 1. The van der Waals surface area contributed by atoms with Gasteiger partial charge in [-0.1, -0.05) is 25.4 Å². The van der Waals surface area contributed by atoms with E-state index in [2.05, 4.69) is 20.0 Å². The highest BCUT2D eigenvalue weighted by Crippen LogP contribution is 2.27. The fraction of sp³-hybridized carbons (Fsp3) is 0.500. The van der Waals surface area contributed by atoms with Crippen LogP contribution in [0.15, 0.2) is 6.33 Å². The zero-order valence-electron chi connectivity index (χ0n) is 9.74. The Kier molecular flexibility index (Phi) is 4.96. The zero-order chi connectivity index (χ0) is 12.8. The van der Waals surface area contributed by atoms with Gasteiger partial charge in [0.2, 0.25) is 0 Å². The van der Waals surface area contributed by atoms with E-state index >= 15 is 0 Å². The van der Waals surface area contributed by atoms with E-state index in [0.717, 1.165) is 5.56 Å². The fourth-order valence-corrected chi connectivity index (χ4v) is 1.70. The molecular weight excluding hydrogens is 244 g/mol. The van der Waals surface area contributed by atoms with Crippen molar-refractivity contribution in [3.63, 3.8) is 0 Å². The number of rotatable bonds is 5. The number of anilines is 1. The Morgan fingerprint density at radius 1 is 1.59 bits per heavy atom. The predicted octanol–water partition coefficient (Wildman–Crippen LogP) is 1.76. The van der Waals surface area contributed by atoms with Gasteiger partial charge in [0.05, 0.1) is 6.54 Å². The van der Waals surface area contributed by atoms with Gasteiger partial charge in [0, 0.05) is 5.56 Å². The smallest absolute Gasteiger partial charge is 0.404 e. The van der Waals surface area contributed by atoms with E-state index in [4.69, 9.17) is 17.3 Å². The molecule has 0 bridgehead atoms. The standard InChI is InChI=1S/C10H15ClN4O2/c1-6(2)7-8(11)14-5-15-9(7)13-3-4-17-10(12)16/h5-6H,3-4H2,1-2H3,(H2,12,16)(H,13,14,15). The third-order valence-electron chi connectivity index (χ3n) is 2.05. The van der Waals surface area contributed by atoms with Crippen molar-refractivity contribution in [3.8, 4) is 0 Å². The van der Waals surface area contributed by atoms with Gasteiger partial charge in [0.1, 0.15) is 23.9 Å². The molecule has 0 radical (unpaired) electrons. The molecule has 17 heavy (non-hydrogen) atoms. The molecule has 0 atom stereocenters. The molecule has 7 heteroatoms. The third kappa shape index (κ3) is 4.07. The van der Waals surface area contributed by atoms with E-state index in [1.165, 1.54) is 6.33 Å². The molecule has 1 rings (SSSR count). The summed E-state index contributed by atoms with van der Waals surface area (Å²) in [5.41, 5.74) is 5.68. The van der Waals surface area contributed by atoms with Crippen LogP contribution in [0.4, 0.5) is 10.6 Å². The number of hydrogen-bond donors (Lipinski definition) is 2. The Bertz CT molecular complexity index is 398. The summed E-state index contributed by atoms with van der Waals surface area (Å²) in [6.45, 7) is 4.58. The number of amides is 1. The van der Waals surface area contributed by atoms with Crippen molar-refractivity contribution in [2.75, 3.05) is 18.5 Å². The maximum Gasteiger partial charge on any atom is 0.404 e. The highest BCUT2D eigenvalue weighted by Gasteiger charge is 2.12. The van der Waals surface area contributed by atoms with Crippen LogP contribution in [0.3, 0.4) is 0 Å². The van der Waals surface area contributed by atoms with Crippen LogP contribution in [0, 0.1) is 0 Å². The molecule has 0 spiro atoms. The van der Waals surface area contributed by atoms with Crippen LogP contribution < -0.4 is 11.1 Å². The van der Waals surface area contributed by atoms with Crippen molar-refractivity contribution in [2.24, 2.45) is 5.73 Å². The minimum atomic E-state index is -0.795. The number of nitrogens with one attached hydrogen (secondary N) is 1. The summed E-state index contributed by atoms with van der Waals surface area (Å²) in [6, 6.07) is 0. The summed E-state index contributed by atoms with van der Waals surface area (Å²) in [4.78, 5) is 18.4. The first-order chi connectivity index (χ1) is 8.02. The van der Waals surface area contributed by atoms with Gasteiger partial charge < -0.3 is 15.8 Å². The van der Waals surface area contributed by atoms with E-state index < -0.39 is 6.09 Å². The monoisotopic (exact) mass is 258 g/mol. The number of primary amides is 1. The summed E-state index contributed by atoms with van der Waals surface area (Å²) >= 11 is 5.99. The van der Waals surface area contributed by atoms with E-state index in [1.54, 1.807) is 0 Å². The van der Waals surface area contributed by atoms with Crippen LogP contribution in [0.2, 0.25) is 5.15 Å². The molecule has 0 aromatic carbocycles. The molecule has 1 aromatic heterocycles. The Labute approximate surface area is 105 Å². The SMILES string of the molecule is CC(C)c1c(Cl)ncnc1NCCOC(N)=O. The molecule has 1 heterocycles. The maximum absolute atomic E-state index is 10.4. The average molecular weight is 259 g/mol. The van der Waals surface area contributed by atoms with E-state index in [9.17, 15) is 4.79 Å². The molecule has 94 valence electrons. The number of ether oxygens (including phenoxy) is 1. The Balaban J connectivity index is 2.64. The van der Waals surface area contributed by atoms with Crippen molar-refractivity contribution in [1.29, 1.82) is 0 Å². The first-order valence-electron chi connectivity index (χ1n) is 5.19. The van der Waals surface area contributed by atoms with Crippen LogP contribution in [0.1, 0.15) is 25.3 Å². The number of carbonyl (C=O) groups is 1. The lowest BCUT2D eigenvalue weighted by molar-refractivity contribution is 0.161. The molecule has 0 saturated heterocycles. The Hall–Kier alpha value is -1.56. The van der Waals surface area contributed by atoms with E-state index in [0.29, 0.717) is 17.5 Å². The van der Waals surface area contributed by atoms with Gasteiger partial charge in [-0.05, 0) is 5.92 Å². The normalized spacial score (nSPS) is 10.4. The lowest BCUT2D eigenvalue weighted by Crippen LogP contribution is -2.19. The largest absolute Gasteiger partial charge is 0.448 e. The van der Waals surface area contributed by atoms with Gasteiger partial charge >= 0.3 is 6.09 Å². The van der Waals surface area contributed by atoms with Crippen molar-refractivity contribution in [2.45, 2.75) is 19.8 Å². The summed E-state index contributed by atoms with van der Waals surface area (Å²) in [6.07, 6.45) is 0.586. The van der Waals surface area contributed by atoms with Crippen LogP contribution in [0.5, 0.6) is 0 Å². The first-order valence-corrected chi connectivity index (χ1v) is 5.56. The molecule has 0 aliphatic rings. The number of nitrogens with two attached hydrogens (primary N) is 1. The first kappa shape index (κ1) is 13.5. The fourth-order valence-electron chi connectivity index (χ4n) is 1.35. The summed E-state index contributed by atoms with van der Waals surface area (Å²) in [7, 11) is 0. The minimum Gasteiger partial charge on any atom is -0.448 e. The molecule has 1 aromatic rings. The van der Waals surface area contributed by atoms with Gasteiger partial charge in [-0.2, -0.15) is 0 Å². The third-order valence-corrected chi connectivity index (χ3v) is 2.35. The van der Waals surface area contributed by atoms with E-state index in [1.807, 2.05) is 13.8 Å². The topological polar surface area (TPSA) is 90.1 Å². The van der Waals surface area contributed by atoms with E-state index in [-0.39, 0.29) is 12.5 Å². The molecule has 0 unspecified atom stereocenters. The highest BCUT2D eigenvalue weighted by molar-refractivity contribution is 6.30. The van der Waals surface area contributed by atoms with Gasteiger partial charge in [-0.3, -0.25) is 0 Å². The van der Waals surface area contributed by atoms with Gasteiger partial charge in [0.25, 0.3) is 0 Å². The Morgan fingerprint density at radius 2 is 2.29 bits per heavy atom. The quantitative estimate of drug-likeness (QED) is 0.620. The minimum absolute atomic E-state index is 0.175. The summed E-state index contributed by atoms with van der Waals surface area (Å²) < 4.78 is 4.59. The molecule has 6 nitrogen and oxygen atoms in total. The van der Waals surface area contributed by atoms with Crippen molar-refractivity contribution in [1.82, 2.24) is 9.97 Å². The van der Waals surface area contributed by atoms with Crippen LogP contribution in [-0.2, 0) is 4.74 Å². The number of hydrogen-bond acceptors (Lipinski definition) is 5. The summed E-state index contributed by atoms with van der Waals surface area (Å²) in [5.74, 6) is 0.844. The molecule has 0 fully saturated rings. The predicted molar refractivity (Wildman–Crippen MR) is 65.2 cm³/mol. The molecular formula is C10H15ClN4O2. The van der Waals surface area contributed by atoms with Crippen LogP contribution >= 0.6 is 11.6 Å². The zero-order valence-corrected chi connectivity index (χ0v) is 10.5. The van der Waals surface area contributed by atoms with Crippen molar-refractivity contribution >= 4 is 23.5 Å². The van der Waals surface area contributed by atoms with Gasteiger partial charge in [0.15, 0.2) is 0 Å². The Morgan fingerprint density at radius 3 is 2.88 bits per heavy atom. The lowest BCUT2D eigenvalue weighted by Gasteiger charge is -2.13.